The summed E-state index contributed by atoms with van der Waals surface area (Å²) in [5.41, 5.74) is 0.996. The van der Waals surface area contributed by atoms with Crippen LogP contribution in [0.5, 0.6) is 5.75 Å². The molecule has 0 N–H and O–H groups in total. The molecule has 0 unspecified atom stereocenters. The second-order valence-corrected chi connectivity index (χ2v) is 9.66. The number of rotatable bonds is 8. The molecule has 2 fully saturated rings. The van der Waals surface area contributed by atoms with E-state index in [0.717, 1.165) is 36.2 Å². The summed E-state index contributed by atoms with van der Waals surface area (Å²) in [5.74, 6) is 2.49. The number of benzene rings is 1. The fourth-order valence-electron chi connectivity index (χ4n) is 5.49. The van der Waals surface area contributed by atoms with E-state index < -0.39 is 18.0 Å². The van der Waals surface area contributed by atoms with Crippen molar-refractivity contribution in [3.63, 3.8) is 0 Å². The summed E-state index contributed by atoms with van der Waals surface area (Å²) in [6.07, 6.45) is 4.44. The van der Waals surface area contributed by atoms with Gasteiger partial charge in [-0.05, 0) is 67.1 Å². The van der Waals surface area contributed by atoms with E-state index in [0.29, 0.717) is 5.92 Å². The molecule has 31 heavy (non-hydrogen) atoms. The Morgan fingerprint density at radius 1 is 0.710 bits per heavy atom. The highest BCUT2D eigenvalue weighted by atomic mass is 19.4. The molecule has 1 aromatic carbocycles. The molecule has 0 heterocycles. The van der Waals surface area contributed by atoms with Crippen LogP contribution in [0.3, 0.4) is 0 Å². The van der Waals surface area contributed by atoms with Crippen molar-refractivity contribution in [2.24, 2.45) is 17.8 Å². The highest BCUT2D eigenvalue weighted by Crippen LogP contribution is 2.41. The predicted molar refractivity (Wildman–Crippen MR) is 112 cm³/mol. The summed E-state index contributed by atoms with van der Waals surface area (Å²) < 4.78 is 66.8. The lowest BCUT2D eigenvalue weighted by Crippen LogP contribution is -2.41. The van der Waals surface area contributed by atoms with Crippen molar-refractivity contribution in [3.05, 3.63) is 29.8 Å². The van der Waals surface area contributed by atoms with Crippen molar-refractivity contribution in [2.45, 2.75) is 102 Å². The third-order valence-electron chi connectivity index (χ3n) is 7.42. The van der Waals surface area contributed by atoms with Gasteiger partial charge >= 0.3 is 12.3 Å². The molecule has 2 aliphatic rings. The van der Waals surface area contributed by atoms with E-state index in [4.69, 9.17) is 0 Å². The van der Waals surface area contributed by atoms with Crippen LogP contribution >= 0.6 is 0 Å². The predicted octanol–water partition coefficient (Wildman–Crippen LogP) is 8.88. The normalized spacial score (nSPS) is 27.8. The molecule has 1 aromatic rings. The third-order valence-corrected chi connectivity index (χ3v) is 7.42. The van der Waals surface area contributed by atoms with Crippen molar-refractivity contribution >= 4 is 0 Å². The lowest BCUT2D eigenvalue weighted by Gasteiger charge is -2.32. The van der Waals surface area contributed by atoms with E-state index in [1.54, 1.807) is 12.1 Å². The molecule has 176 valence electrons. The van der Waals surface area contributed by atoms with Gasteiger partial charge in [-0.2, -0.15) is 22.0 Å². The quantitative estimate of drug-likeness (QED) is 0.362. The Kier molecular flexibility index (Phi) is 8.25. The molecule has 0 spiro atoms. The van der Waals surface area contributed by atoms with Gasteiger partial charge in [0.1, 0.15) is 5.75 Å². The van der Waals surface area contributed by atoms with Crippen LogP contribution in [0.15, 0.2) is 24.3 Å². The Bertz CT molecular complexity index is 653. The first-order valence-corrected chi connectivity index (χ1v) is 11.9. The Labute approximate surface area is 182 Å². The van der Waals surface area contributed by atoms with Gasteiger partial charge in [-0.1, -0.05) is 70.4 Å². The van der Waals surface area contributed by atoms with E-state index in [9.17, 15) is 22.0 Å². The van der Waals surface area contributed by atoms with Crippen LogP contribution in [0.1, 0.15) is 95.5 Å². The number of hydrogen-bond donors (Lipinski definition) is 0. The molecule has 0 aromatic heterocycles. The van der Waals surface area contributed by atoms with Crippen LogP contribution in [-0.2, 0) is 0 Å². The zero-order valence-corrected chi connectivity index (χ0v) is 18.4. The molecule has 0 saturated heterocycles. The fourth-order valence-corrected chi connectivity index (χ4v) is 5.49. The first-order valence-electron chi connectivity index (χ1n) is 11.9. The maximum absolute atomic E-state index is 13.0. The molecule has 0 atom stereocenters. The molecule has 0 amide bonds. The first kappa shape index (κ1) is 24.3. The van der Waals surface area contributed by atoms with Gasteiger partial charge in [0.25, 0.3) is 0 Å². The van der Waals surface area contributed by atoms with E-state index in [1.807, 2.05) is 0 Å². The minimum absolute atomic E-state index is 0.345. The van der Waals surface area contributed by atoms with Crippen LogP contribution in [-0.4, -0.2) is 12.3 Å². The van der Waals surface area contributed by atoms with Crippen LogP contribution in [0.25, 0.3) is 0 Å². The van der Waals surface area contributed by atoms with Crippen molar-refractivity contribution in [1.29, 1.82) is 0 Å². The Balaban J connectivity index is 1.40. The van der Waals surface area contributed by atoms with Gasteiger partial charge in [0.05, 0.1) is 0 Å². The summed E-state index contributed by atoms with van der Waals surface area (Å²) in [6, 6.07) is 5.69. The summed E-state index contributed by atoms with van der Waals surface area (Å²) >= 11 is 0. The minimum Gasteiger partial charge on any atom is -0.426 e. The minimum atomic E-state index is -5.72. The number of alkyl halides is 5. The SMILES string of the molecule is CCC[C@H]1CC[C@H](CC[C@H]2CC[C@H](c3ccc(OC(F)(F)C(F)(F)F)cc3)CC2)CC1. The summed E-state index contributed by atoms with van der Waals surface area (Å²) in [7, 11) is 0. The molecule has 0 bridgehead atoms. The van der Waals surface area contributed by atoms with Crippen molar-refractivity contribution in [2.75, 3.05) is 0 Å². The summed E-state index contributed by atoms with van der Waals surface area (Å²) in [4.78, 5) is 0. The topological polar surface area (TPSA) is 9.23 Å². The average molecular weight is 447 g/mol. The standard InChI is InChI=1S/C25H35F5O/c1-2-3-18-4-6-19(7-5-18)8-9-20-10-12-21(13-11-20)22-14-16-23(17-15-22)31-25(29,30)24(26,27)28/h14-21H,2-13H2,1H3/t18-,19-,20-,21-. The Morgan fingerprint density at radius 2 is 1.16 bits per heavy atom. The second kappa shape index (κ2) is 10.5. The molecule has 1 nitrogen and oxygen atoms in total. The van der Waals surface area contributed by atoms with Crippen LogP contribution in [0.2, 0.25) is 0 Å². The van der Waals surface area contributed by atoms with Gasteiger partial charge in [0.2, 0.25) is 0 Å². The van der Waals surface area contributed by atoms with E-state index in [-0.39, 0.29) is 0 Å². The molecule has 2 saturated carbocycles. The zero-order chi connectivity index (χ0) is 22.5. The van der Waals surface area contributed by atoms with Crippen LogP contribution in [0.4, 0.5) is 22.0 Å². The first-order chi connectivity index (χ1) is 14.7. The molecule has 2 aliphatic carbocycles. The third kappa shape index (κ3) is 6.82. The van der Waals surface area contributed by atoms with E-state index in [1.165, 1.54) is 76.3 Å². The van der Waals surface area contributed by atoms with Gasteiger partial charge < -0.3 is 4.74 Å². The van der Waals surface area contributed by atoms with Gasteiger partial charge in [-0.25, -0.2) is 0 Å². The molecule has 6 heteroatoms. The second-order valence-electron chi connectivity index (χ2n) is 9.66. The number of halogens is 5. The lowest BCUT2D eigenvalue weighted by atomic mass is 9.74. The van der Waals surface area contributed by atoms with Crippen molar-refractivity contribution in [1.82, 2.24) is 0 Å². The van der Waals surface area contributed by atoms with Gasteiger partial charge in [-0.15, -0.1) is 0 Å². The maximum Gasteiger partial charge on any atom is 0.499 e. The van der Waals surface area contributed by atoms with E-state index >= 15 is 0 Å². The zero-order valence-electron chi connectivity index (χ0n) is 18.4. The van der Waals surface area contributed by atoms with Crippen molar-refractivity contribution in [3.8, 4) is 5.75 Å². The van der Waals surface area contributed by atoms with Gasteiger partial charge in [0, 0.05) is 0 Å². The monoisotopic (exact) mass is 446 g/mol. The number of hydrogen-bond acceptors (Lipinski definition) is 1. The summed E-state index contributed by atoms with van der Waals surface area (Å²) in [6.45, 7) is 2.27. The molecular weight excluding hydrogens is 411 g/mol. The maximum atomic E-state index is 13.0. The Hall–Kier alpha value is -1.33. The molecular formula is C25H35F5O. The fraction of sp³-hybridized carbons (Fsp3) is 0.760. The molecule has 0 aliphatic heterocycles. The largest absolute Gasteiger partial charge is 0.499 e. The van der Waals surface area contributed by atoms with Gasteiger partial charge in [-0.3, -0.25) is 0 Å². The van der Waals surface area contributed by atoms with Crippen LogP contribution in [0, 0.1) is 17.8 Å². The molecule has 3 rings (SSSR count). The highest BCUT2D eigenvalue weighted by Gasteiger charge is 2.61. The smallest absolute Gasteiger partial charge is 0.426 e. The van der Waals surface area contributed by atoms with E-state index in [2.05, 4.69) is 11.7 Å². The van der Waals surface area contributed by atoms with Crippen molar-refractivity contribution < 1.29 is 26.7 Å². The lowest BCUT2D eigenvalue weighted by molar-refractivity contribution is -0.360. The van der Waals surface area contributed by atoms with Crippen LogP contribution < -0.4 is 4.74 Å². The summed E-state index contributed by atoms with van der Waals surface area (Å²) in [5, 5.41) is 0. The average Bonchev–Trinajstić information content (AvgIpc) is 2.73. The molecule has 0 radical (unpaired) electrons. The van der Waals surface area contributed by atoms with Gasteiger partial charge in [0.15, 0.2) is 0 Å². The Morgan fingerprint density at radius 3 is 1.61 bits per heavy atom. The number of ether oxygens (including phenoxy) is 1. The highest BCUT2D eigenvalue weighted by molar-refractivity contribution is 5.30.